The molecular formula is C21H22BrClN2O3. The molecule has 2 amide bonds. The van der Waals surface area contributed by atoms with Crippen molar-refractivity contribution in [1.82, 2.24) is 10.9 Å². The van der Waals surface area contributed by atoms with Crippen molar-refractivity contribution in [1.29, 1.82) is 0 Å². The molecule has 0 atom stereocenters. The predicted octanol–water partition coefficient (Wildman–Crippen LogP) is 4.64. The van der Waals surface area contributed by atoms with Crippen LogP contribution in [0.1, 0.15) is 31.9 Å². The molecule has 0 radical (unpaired) electrons. The fraction of sp³-hybridized carbons (Fsp3) is 0.238. The van der Waals surface area contributed by atoms with Crippen LogP contribution in [0.5, 0.6) is 5.75 Å². The second-order valence-corrected chi connectivity index (χ2v) is 8.34. The van der Waals surface area contributed by atoms with E-state index in [1.54, 1.807) is 24.3 Å². The smallest absolute Gasteiger partial charge is 0.276 e. The number of halogens is 2. The van der Waals surface area contributed by atoms with Gasteiger partial charge in [-0.1, -0.05) is 56.6 Å². The van der Waals surface area contributed by atoms with Gasteiger partial charge in [-0.3, -0.25) is 20.4 Å². The van der Waals surface area contributed by atoms with Gasteiger partial charge in [-0.15, -0.1) is 0 Å². The van der Waals surface area contributed by atoms with Crippen LogP contribution in [0.3, 0.4) is 0 Å². The Labute approximate surface area is 178 Å². The molecule has 0 unspecified atom stereocenters. The molecule has 0 aliphatic rings. The molecule has 7 heteroatoms. The van der Waals surface area contributed by atoms with Crippen molar-refractivity contribution >= 4 is 45.4 Å². The predicted molar refractivity (Wildman–Crippen MR) is 115 cm³/mol. The van der Waals surface area contributed by atoms with Crippen molar-refractivity contribution in [3.63, 3.8) is 0 Å². The van der Waals surface area contributed by atoms with E-state index in [0.29, 0.717) is 16.3 Å². The maximum absolute atomic E-state index is 11.9. The average Bonchev–Trinajstić information content (AvgIpc) is 2.64. The SMILES string of the molecule is CC(C)(C)c1ccc(OCC(=O)NNC(=O)/C=C\c2ccccc2Cl)c(Br)c1. The molecule has 0 saturated heterocycles. The van der Waals surface area contributed by atoms with Crippen LogP contribution in [-0.2, 0) is 15.0 Å². The molecule has 2 aromatic carbocycles. The normalized spacial score (nSPS) is 11.3. The summed E-state index contributed by atoms with van der Waals surface area (Å²) in [5.74, 6) is -0.414. The highest BCUT2D eigenvalue weighted by molar-refractivity contribution is 9.10. The van der Waals surface area contributed by atoms with E-state index in [1.165, 1.54) is 6.08 Å². The average molecular weight is 466 g/mol. The molecular weight excluding hydrogens is 444 g/mol. The molecule has 148 valence electrons. The zero-order chi connectivity index (χ0) is 20.7. The van der Waals surface area contributed by atoms with Crippen LogP contribution < -0.4 is 15.6 Å². The Morgan fingerprint density at radius 2 is 1.86 bits per heavy atom. The van der Waals surface area contributed by atoms with Gasteiger partial charge in [0.05, 0.1) is 4.47 Å². The third kappa shape index (κ3) is 6.69. The summed E-state index contributed by atoms with van der Waals surface area (Å²) in [5.41, 5.74) is 6.45. The molecule has 2 aromatic rings. The van der Waals surface area contributed by atoms with Crippen LogP contribution in [0.25, 0.3) is 6.08 Å². The van der Waals surface area contributed by atoms with E-state index in [2.05, 4.69) is 47.6 Å². The summed E-state index contributed by atoms with van der Waals surface area (Å²) < 4.78 is 6.26. The number of ether oxygens (including phenoxy) is 1. The number of benzene rings is 2. The van der Waals surface area contributed by atoms with Gasteiger partial charge in [-0.25, -0.2) is 0 Å². The van der Waals surface area contributed by atoms with Crippen molar-refractivity contribution in [2.45, 2.75) is 26.2 Å². The number of carbonyl (C=O) groups is 2. The Morgan fingerprint density at radius 3 is 2.50 bits per heavy atom. The van der Waals surface area contributed by atoms with Crippen LogP contribution in [0.4, 0.5) is 0 Å². The van der Waals surface area contributed by atoms with E-state index in [4.69, 9.17) is 16.3 Å². The minimum Gasteiger partial charge on any atom is -0.483 e. The Balaban J connectivity index is 1.81. The number of carbonyl (C=O) groups excluding carboxylic acids is 2. The number of hydrazine groups is 1. The molecule has 0 aliphatic carbocycles. The zero-order valence-corrected chi connectivity index (χ0v) is 18.2. The standard InChI is InChI=1S/C21H22BrClN2O3/c1-21(2,3)15-9-10-18(16(22)12-15)28-13-20(27)25-24-19(26)11-8-14-6-4-5-7-17(14)23/h4-12H,13H2,1-3H3,(H,24,26)(H,25,27)/b11-8-. The molecule has 0 fully saturated rings. The number of amides is 2. The van der Waals surface area contributed by atoms with E-state index in [0.717, 1.165) is 10.0 Å². The van der Waals surface area contributed by atoms with Gasteiger partial charge in [0.25, 0.3) is 11.8 Å². The van der Waals surface area contributed by atoms with E-state index in [1.807, 2.05) is 24.3 Å². The van der Waals surface area contributed by atoms with Gasteiger partial charge in [-0.05, 0) is 56.7 Å². The van der Waals surface area contributed by atoms with Gasteiger partial charge >= 0.3 is 0 Å². The van der Waals surface area contributed by atoms with Crippen molar-refractivity contribution in [3.8, 4) is 5.75 Å². The monoisotopic (exact) mass is 464 g/mol. The molecule has 5 nitrogen and oxygen atoms in total. The van der Waals surface area contributed by atoms with Gasteiger partial charge in [0.2, 0.25) is 0 Å². The highest BCUT2D eigenvalue weighted by Gasteiger charge is 2.15. The highest BCUT2D eigenvalue weighted by Crippen LogP contribution is 2.31. The van der Waals surface area contributed by atoms with Crippen molar-refractivity contribution in [3.05, 3.63) is 69.2 Å². The molecule has 28 heavy (non-hydrogen) atoms. The quantitative estimate of drug-likeness (QED) is 0.499. The van der Waals surface area contributed by atoms with Crippen molar-refractivity contribution in [2.75, 3.05) is 6.61 Å². The van der Waals surface area contributed by atoms with Gasteiger partial charge in [0.15, 0.2) is 6.61 Å². The molecule has 0 spiro atoms. The third-order valence-corrected chi connectivity index (χ3v) is 4.77. The Kier molecular flexibility index (Phi) is 7.66. The molecule has 0 aromatic heterocycles. The zero-order valence-electron chi connectivity index (χ0n) is 15.9. The second kappa shape index (κ2) is 9.75. The highest BCUT2D eigenvalue weighted by atomic mass is 79.9. The summed E-state index contributed by atoms with van der Waals surface area (Å²) in [6, 6.07) is 12.9. The summed E-state index contributed by atoms with van der Waals surface area (Å²) in [5, 5.41) is 0.534. The summed E-state index contributed by atoms with van der Waals surface area (Å²) in [6.07, 6.45) is 2.85. The van der Waals surface area contributed by atoms with E-state index < -0.39 is 11.8 Å². The van der Waals surface area contributed by atoms with Crippen molar-refractivity contribution < 1.29 is 14.3 Å². The topological polar surface area (TPSA) is 67.4 Å². The van der Waals surface area contributed by atoms with E-state index in [-0.39, 0.29) is 12.0 Å². The number of rotatable bonds is 5. The van der Waals surface area contributed by atoms with Crippen LogP contribution in [0.2, 0.25) is 5.02 Å². The Bertz CT molecular complexity index is 891. The lowest BCUT2D eigenvalue weighted by Gasteiger charge is -2.20. The minimum atomic E-state index is -0.482. The lowest BCUT2D eigenvalue weighted by Crippen LogP contribution is -2.43. The summed E-state index contributed by atoms with van der Waals surface area (Å²) in [7, 11) is 0. The van der Waals surface area contributed by atoms with E-state index in [9.17, 15) is 9.59 Å². The summed E-state index contributed by atoms with van der Waals surface area (Å²) in [6.45, 7) is 6.12. The molecule has 2 rings (SSSR count). The summed E-state index contributed by atoms with van der Waals surface area (Å²) >= 11 is 9.46. The summed E-state index contributed by atoms with van der Waals surface area (Å²) in [4.78, 5) is 23.7. The molecule has 0 heterocycles. The fourth-order valence-electron chi connectivity index (χ4n) is 2.21. The van der Waals surface area contributed by atoms with Gasteiger partial charge in [-0.2, -0.15) is 0 Å². The molecule has 2 N–H and O–H groups in total. The van der Waals surface area contributed by atoms with Gasteiger partial charge in [0.1, 0.15) is 5.75 Å². The maximum atomic E-state index is 11.9. The Morgan fingerprint density at radius 1 is 1.14 bits per heavy atom. The number of hydrogen-bond donors (Lipinski definition) is 2. The third-order valence-electron chi connectivity index (χ3n) is 3.80. The molecule has 0 aliphatic heterocycles. The first-order valence-electron chi connectivity index (χ1n) is 8.61. The molecule has 0 bridgehead atoms. The van der Waals surface area contributed by atoms with E-state index >= 15 is 0 Å². The first kappa shape index (κ1) is 22.0. The van der Waals surface area contributed by atoms with Gasteiger partial charge in [0, 0.05) is 11.1 Å². The largest absolute Gasteiger partial charge is 0.483 e. The van der Waals surface area contributed by atoms with Crippen LogP contribution in [-0.4, -0.2) is 18.4 Å². The lowest BCUT2D eigenvalue weighted by atomic mass is 9.87. The lowest BCUT2D eigenvalue weighted by molar-refractivity contribution is -0.128. The first-order valence-corrected chi connectivity index (χ1v) is 9.78. The Hall–Kier alpha value is -2.31. The fourth-order valence-corrected chi connectivity index (χ4v) is 2.90. The van der Waals surface area contributed by atoms with Crippen LogP contribution >= 0.6 is 27.5 Å². The number of nitrogens with one attached hydrogen (secondary N) is 2. The van der Waals surface area contributed by atoms with Crippen LogP contribution in [0.15, 0.2) is 53.0 Å². The van der Waals surface area contributed by atoms with Crippen molar-refractivity contribution in [2.24, 2.45) is 0 Å². The van der Waals surface area contributed by atoms with Gasteiger partial charge < -0.3 is 4.74 Å². The minimum absolute atomic E-state index is 0.0141. The maximum Gasteiger partial charge on any atom is 0.276 e. The van der Waals surface area contributed by atoms with Crippen LogP contribution in [0, 0.1) is 0 Å². The molecule has 0 saturated carbocycles. The number of hydrogen-bond acceptors (Lipinski definition) is 3. The second-order valence-electron chi connectivity index (χ2n) is 7.08. The first-order chi connectivity index (χ1) is 13.2.